The third-order valence-electron chi connectivity index (χ3n) is 3.26. The van der Waals surface area contributed by atoms with Gasteiger partial charge in [0.1, 0.15) is 10.9 Å². The molecular weight excluding hydrogens is 363 g/mol. The highest BCUT2D eigenvalue weighted by atomic mass is 35.5. The van der Waals surface area contributed by atoms with Gasteiger partial charge in [-0.3, -0.25) is 25.0 Å². The SMILES string of the molecule is O=C(O)C(c1ccccc1)c1cc([N+](=O)[O-])c([N+](=O)[O-])c(Cl)c1Cl. The molecule has 0 bridgehead atoms. The molecule has 0 aliphatic carbocycles. The Labute approximate surface area is 144 Å². The Bertz CT molecular complexity index is 841. The molecule has 0 saturated carbocycles. The van der Waals surface area contributed by atoms with Gasteiger partial charge in [0.15, 0.2) is 0 Å². The van der Waals surface area contributed by atoms with E-state index in [0.717, 1.165) is 6.07 Å². The van der Waals surface area contributed by atoms with Gasteiger partial charge < -0.3 is 5.11 Å². The molecule has 8 nitrogen and oxygen atoms in total. The van der Waals surface area contributed by atoms with Crippen LogP contribution < -0.4 is 0 Å². The zero-order valence-corrected chi connectivity index (χ0v) is 13.2. The van der Waals surface area contributed by atoms with Crippen molar-refractivity contribution in [2.24, 2.45) is 0 Å². The summed E-state index contributed by atoms with van der Waals surface area (Å²) >= 11 is 11.8. The van der Waals surface area contributed by atoms with E-state index in [0.29, 0.717) is 5.56 Å². The smallest absolute Gasteiger partial charge is 0.365 e. The van der Waals surface area contributed by atoms with E-state index < -0.39 is 43.2 Å². The quantitative estimate of drug-likeness (QED) is 0.625. The van der Waals surface area contributed by atoms with Gasteiger partial charge in [0.05, 0.1) is 14.9 Å². The van der Waals surface area contributed by atoms with Crippen LogP contribution in [0.4, 0.5) is 11.4 Å². The molecule has 0 radical (unpaired) electrons. The number of halogens is 2. The summed E-state index contributed by atoms with van der Waals surface area (Å²) in [4.78, 5) is 31.8. The standard InChI is InChI=1S/C14H8Cl2N2O6/c15-11-8(10(14(19)20)7-4-2-1-3-5-7)6-9(17(21)22)13(12(11)16)18(23)24/h1-6,10H,(H,19,20). The highest BCUT2D eigenvalue weighted by Crippen LogP contribution is 2.45. The zero-order chi connectivity index (χ0) is 18.0. The van der Waals surface area contributed by atoms with Crippen molar-refractivity contribution in [1.29, 1.82) is 0 Å². The fraction of sp³-hybridized carbons (Fsp3) is 0.0714. The summed E-state index contributed by atoms with van der Waals surface area (Å²) in [6.45, 7) is 0. The summed E-state index contributed by atoms with van der Waals surface area (Å²) < 4.78 is 0. The van der Waals surface area contributed by atoms with E-state index in [2.05, 4.69) is 0 Å². The van der Waals surface area contributed by atoms with Gasteiger partial charge in [-0.2, -0.15) is 0 Å². The fourth-order valence-electron chi connectivity index (χ4n) is 2.25. The first-order chi connectivity index (χ1) is 11.3. The van der Waals surface area contributed by atoms with Gasteiger partial charge in [0.2, 0.25) is 0 Å². The van der Waals surface area contributed by atoms with Crippen LogP contribution in [0, 0.1) is 20.2 Å². The zero-order valence-electron chi connectivity index (χ0n) is 11.7. The van der Waals surface area contributed by atoms with Crippen molar-refractivity contribution in [3.8, 4) is 0 Å². The lowest BCUT2D eigenvalue weighted by Gasteiger charge is -2.15. The molecule has 1 unspecified atom stereocenters. The predicted octanol–water partition coefficient (Wildman–Crippen LogP) is 4.03. The Balaban J connectivity index is 2.80. The number of aliphatic carboxylic acids is 1. The maximum Gasteiger partial charge on any atom is 0.365 e. The number of nitro groups is 2. The molecule has 1 atom stereocenters. The molecule has 124 valence electrons. The van der Waals surface area contributed by atoms with E-state index >= 15 is 0 Å². The van der Waals surface area contributed by atoms with Gasteiger partial charge in [-0.25, -0.2) is 0 Å². The second-order valence-electron chi connectivity index (χ2n) is 4.66. The Morgan fingerprint density at radius 2 is 1.62 bits per heavy atom. The minimum atomic E-state index is -1.37. The minimum Gasteiger partial charge on any atom is -0.481 e. The molecule has 0 amide bonds. The van der Waals surface area contributed by atoms with Crippen LogP contribution in [0.5, 0.6) is 0 Å². The predicted molar refractivity (Wildman–Crippen MR) is 85.7 cm³/mol. The van der Waals surface area contributed by atoms with Gasteiger partial charge >= 0.3 is 17.3 Å². The summed E-state index contributed by atoms with van der Waals surface area (Å²) in [5, 5.41) is 30.6. The molecule has 2 aromatic rings. The van der Waals surface area contributed by atoms with Crippen LogP contribution in [0.1, 0.15) is 17.0 Å². The van der Waals surface area contributed by atoms with Crippen LogP contribution in [-0.2, 0) is 4.79 Å². The van der Waals surface area contributed by atoms with Gasteiger partial charge in [-0.05, 0) is 11.1 Å². The molecule has 0 spiro atoms. The van der Waals surface area contributed by atoms with Crippen molar-refractivity contribution in [3.05, 3.63) is 77.8 Å². The fourth-order valence-corrected chi connectivity index (χ4v) is 2.77. The number of rotatable bonds is 5. The van der Waals surface area contributed by atoms with Crippen molar-refractivity contribution in [1.82, 2.24) is 0 Å². The first-order valence-electron chi connectivity index (χ1n) is 6.34. The van der Waals surface area contributed by atoms with E-state index in [1.54, 1.807) is 18.2 Å². The minimum absolute atomic E-state index is 0.197. The van der Waals surface area contributed by atoms with Gasteiger partial charge in [0, 0.05) is 6.07 Å². The van der Waals surface area contributed by atoms with Crippen molar-refractivity contribution < 1.29 is 19.7 Å². The Morgan fingerprint density at radius 1 is 1.04 bits per heavy atom. The normalized spacial score (nSPS) is 11.8. The Hall–Kier alpha value is -2.71. The first-order valence-corrected chi connectivity index (χ1v) is 7.09. The highest BCUT2D eigenvalue weighted by molar-refractivity contribution is 6.44. The lowest BCUT2D eigenvalue weighted by Crippen LogP contribution is -2.14. The van der Waals surface area contributed by atoms with Crippen LogP contribution in [0.25, 0.3) is 0 Å². The lowest BCUT2D eigenvalue weighted by atomic mass is 9.90. The molecule has 0 aliphatic heterocycles. The van der Waals surface area contributed by atoms with Gasteiger partial charge in [0.25, 0.3) is 0 Å². The molecule has 2 aromatic carbocycles. The molecular formula is C14H8Cl2N2O6. The average Bonchev–Trinajstić information content (AvgIpc) is 2.51. The van der Waals surface area contributed by atoms with Crippen molar-refractivity contribution >= 4 is 40.5 Å². The molecule has 10 heteroatoms. The summed E-state index contributed by atoms with van der Waals surface area (Å²) in [6.07, 6.45) is 0. The van der Waals surface area contributed by atoms with Crippen molar-refractivity contribution in [2.45, 2.75) is 5.92 Å². The van der Waals surface area contributed by atoms with E-state index in [4.69, 9.17) is 23.2 Å². The van der Waals surface area contributed by atoms with E-state index in [1.807, 2.05) is 0 Å². The summed E-state index contributed by atoms with van der Waals surface area (Å²) in [5.41, 5.74) is -1.80. The summed E-state index contributed by atoms with van der Waals surface area (Å²) in [5.74, 6) is -2.70. The molecule has 24 heavy (non-hydrogen) atoms. The molecule has 0 saturated heterocycles. The van der Waals surface area contributed by atoms with E-state index in [9.17, 15) is 30.1 Å². The maximum absolute atomic E-state index is 11.7. The molecule has 0 fully saturated rings. The Kier molecular flexibility index (Phi) is 5.01. The second-order valence-corrected chi connectivity index (χ2v) is 5.41. The monoisotopic (exact) mass is 370 g/mol. The van der Waals surface area contributed by atoms with Crippen LogP contribution >= 0.6 is 23.2 Å². The average molecular weight is 371 g/mol. The molecule has 0 aromatic heterocycles. The Morgan fingerprint density at radius 3 is 2.08 bits per heavy atom. The number of carbonyl (C=O) groups is 1. The van der Waals surface area contributed by atoms with Gasteiger partial charge in [-0.1, -0.05) is 53.5 Å². The second kappa shape index (κ2) is 6.81. The number of hydrogen-bond donors (Lipinski definition) is 1. The first kappa shape index (κ1) is 17.6. The number of nitrogens with zero attached hydrogens (tertiary/aromatic N) is 2. The highest BCUT2D eigenvalue weighted by Gasteiger charge is 2.36. The molecule has 0 aliphatic rings. The number of carboxylic acids is 1. The maximum atomic E-state index is 11.7. The molecule has 0 heterocycles. The number of nitro benzene ring substituents is 2. The van der Waals surface area contributed by atoms with Crippen LogP contribution in [0.2, 0.25) is 10.0 Å². The largest absolute Gasteiger partial charge is 0.481 e. The van der Waals surface area contributed by atoms with E-state index in [1.165, 1.54) is 12.1 Å². The van der Waals surface area contributed by atoms with Crippen LogP contribution in [0.3, 0.4) is 0 Å². The third kappa shape index (κ3) is 3.15. The third-order valence-corrected chi connectivity index (χ3v) is 4.13. The van der Waals surface area contributed by atoms with Crippen LogP contribution in [0.15, 0.2) is 36.4 Å². The van der Waals surface area contributed by atoms with Gasteiger partial charge in [-0.15, -0.1) is 0 Å². The molecule has 2 rings (SSSR count). The topological polar surface area (TPSA) is 124 Å². The van der Waals surface area contributed by atoms with Crippen molar-refractivity contribution in [2.75, 3.05) is 0 Å². The number of carboxylic acid groups (broad SMARTS) is 1. The van der Waals surface area contributed by atoms with Crippen LogP contribution in [-0.4, -0.2) is 20.9 Å². The summed E-state index contributed by atoms with van der Waals surface area (Å²) in [6, 6.07) is 8.60. The number of hydrogen-bond acceptors (Lipinski definition) is 5. The van der Waals surface area contributed by atoms with E-state index in [-0.39, 0.29) is 5.56 Å². The number of benzene rings is 2. The summed E-state index contributed by atoms with van der Waals surface area (Å²) in [7, 11) is 0. The molecule has 1 N–H and O–H groups in total. The lowest BCUT2D eigenvalue weighted by molar-refractivity contribution is -0.422. The van der Waals surface area contributed by atoms with Crippen molar-refractivity contribution in [3.63, 3.8) is 0 Å².